The summed E-state index contributed by atoms with van der Waals surface area (Å²) in [5.41, 5.74) is -1.53. The first-order chi connectivity index (χ1) is 7.30. The van der Waals surface area contributed by atoms with Crippen molar-refractivity contribution in [1.29, 1.82) is 0 Å². The number of rotatable bonds is 2. The van der Waals surface area contributed by atoms with Gasteiger partial charge in [0.2, 0.25) is 0 Å². The van der Waals surface area contributed by atoms with Crippen LogP contribution in [0.4, 0.5) is 13.2 Å². The summed E-state index contributed by atoms with van der Waals surface area (Å²) < 4.78 is 36.7. The average molecular weight is 232 g/mol. The molecule has 0 saturated heterocycles. The van der Waals surface area contributed by atoms with Crippen molar-refractivity contribution in [3.05, 3.63) is 29.9 Å². The van der Waals surface area contributed by atoms with E-state index < -0.39 is 23.4 Å². The maximum Gasteiger partial charge on any atom is 0.433 e. The Labute approximate surface area is 88.5 Å². The van der Waals surface area contributed by atoms with Crippen LogP contribution in [-0.2, 0) is 11.0 Å². The summed E-state index contributed by atoms with van der Waals surface area (Å²) in [4.78, 5) is 17.0. The lowest BCUT2D eigenvalue weighted by molar-refractivity contribution is -0.141. The predicted octanol–water partition coefficient (Wildman–Crippen LogP) is 1.98. The van der Waals surface area contributed by atoms with Crippen molar-refractivity contribution in [3.63, 3.8) is 0 Å². The van der Waals surface area contributed by atoms with E-state index in [0.717, 1.165) is 13.0 Å². The van der Waals surface area contributed by atoms with E-state index in [4.69, 9.17) is 0 Å². The quantitative estimate of drug-likeness (QED) is 0.625. The van der Waals surface area contributed by atoms with Gasteiger partial charge < -0.3 is 5.11 Å². The van der Waals surface area contributed by atoms with Crippen molar-refractivity contribution in [3.8, 4) is 0 Å². The molecular weight excluding hydrogens is 225 g/mol. The minimum Gasteiger partial charge on any atom is -0.506 e. The molecule has 0 bridgehead atoms. The highest BCUT2D eigenvalue weighted by atomic mass is 19.4. The second-order valence-electron chi connectivity index (χ2n) is 2.93. The van der Waals surface area contributed by atoms with Gasteiger partial charge in [-0.05, 0) is 13.0 Å². The molecule has 16 heavy (non-hydrogen) atoms. The van der Waals surface area contributed by atoms with Crippen molar-refractivity contribution in [2.75, 3.05) is 0 Å². The molecule has 0 aliphatic rings. The number of aliphatic hydroxyl groups is 1. The van der Waals surface area contributed by atoms with Crippen LogP contribution >= 0.6 is 0 Å². The minimum atomic E-state index is -4.62. The van der Waals surface area contributed by atoms with Gasteiger partial charge in [0.25, 0.3) is 0 Å². The van der Waals surface area contributed by atoms with Gasteiger partial charge in [0, 0.05) is 6.08 Å². The van der Waals surface area contributed by atoms with Crippen molar-refractivity contribution < 1.29 is 23.1 Å². The van der Waals surface area contributed by atoms with Crippen LogP contribution in [0.15, 0.2) is 18.5 Å². The number of carbonyl (C=O) groups is 1. The Morgan fingerprint density at radius 1 is 1.44 bits per heavy atom. The van der Waals surface area contributed by atoms with E-state index in [9.17, 15) is 23.1 Å². The first-order valence-electron chi connectivity index (χ1n) is 4.11. The van der Waals surface area contributed by atoms with Crippen molar-refractivity contribution in [1.82, 2.24) is 9.97 Å². The summed E-state index contributed by atoms with van der Waals surface area (Å²) in [5, 5.41) is 9.26. The van der Waals surface area contributed by atoms with Crippen LogP contribution in [0.2, 0.25) is 0 Å². The van der Waals surface area contributed by atoms with Gasteiger partial charge in [0.1, 0.15) is 23.5 Å². The fraction of sp³-hybridized carbons (Fsp3) is 0.222. The van der Waals surface area contributed by atoms with Crippen molar-refractivity contribution in [2.45, 2.75) is 13.1 Å². The summed E-state index contributed by atoms with van der Waals surface area (Å²) in [6, 6.07) is 0.564. The molecule has 0 aliphatic heterocycles. The van der Waals surface area contributed by atoms with E-state index >= 15 is 0 Å². The molecule has 0 radical (unpaired) electrons. The van der Waals surface area contributed by atoms with Crippen molar-refractivity contribution >= 4 is 11.5 Å². The van der Waals surface area contributed by atoms with Crippen LogP contribution in [0.3, 0.4) is 0 Å². The van der Waals surface area contributed by atoms with E-state index in [1.54, 1.807) is 0 Å². The highest BCUT2D eigenvalue weighted by Crippen LogP contribution is 2.28. The molecule has 0 unspecified atom stereocenters. The first kappa shape index (κ1) is 12.2. The van der Waals surface area contributed by atoms with Crippen LogP contribution in [0.1, 0.15) is 18.3 Å². The molecule has 0 aromatic carbocycles. The number of nitrogens with zero attached hydrogens (tertiary/aromatic N) is 2. The number of ketones is 1. The number of alkyl halides is 3. The molecule has 86 valence electrons. The number of aromatic nitrogens is 2. The molecule has 1 rings (SSSR count). The average Bonchev–Trinajstić information content (AvgIpc) is 2.15. The molecule has 4 nitrogen and oxygen atoms in total. The van der Waals surface area contributed by atoms with Gasteiger partial charge >= 0.3 is 6.18 Å². The predicted molar refractivity (Wildman–Crippen MR) is 48.3 cm³/mol. The molecule has 0 fully saturated rings. The SMILES string of the molecule is CC(=O)C=C(O)c1cc(C(F)(F)F)ncn1. The maximum absolute atomic E-state index is 12.2. The number of hydrogen-bond donors (Lipinski definition) is 1. The molecule has 0 saturated carbocycles. The Bertz CT molecular complexity index is 441. The third-order valence-electron chi connectivity index (χ3n) is 1.56. The fourth-order valence-electron chi connectivity index (χ4n) is 0.919. The van der Waals surface area contributed by atoms with Crippen LogP contribution in [-0.4, -0.2) is 20.9 Å². The number of hydrogen-bond acceptors (Lipinski definition) is 4. The van der Waals surface area contributed by atoms with Gasteiger partial charge in [0.15, 0.2) is 5.78 Å². The second kappa shape index (κ2) is 4.30. The van der Waals surface area contributed by atoms with E-state index in [0.29, 0.717) is 12.4 Å². The molecule has 1 heterocycles. The molecule has 1 aromatic heterocycles. The lowest BCUT2D eigenvalue weighted by atomic mass is 10.2. The Morgan fingerprint density at radius 3 is 2.56 bits per heavy atom. The Balaban J connectivity index is 3.13. The molecule has 0 spiro atoms. The van der Waals surface area contributed by atoms with Crippen LogP contribution < -0.4 is 0 Å². The molecule has 7 heteroatoms. The monoisotopic (exact) mass is 232 g/mol. The summed E-state index contributed by atoms with van der Waals surface area (Å²) in [7, 11) is 0. The maximum atomic E-state index is 12.2. The minimum absolute atomic E-state index is 0.350. The first-order valence-corrected chi connectivity index (χ1v) is 4.11. The molecule has 0 amide bonds. The topological polar surface area (TPSA) is 63.1 Å². The highest BCUT2D eigenvalue weighted by Gasteiger charge is 2.33. The summed E-state index contributed by atoms with van der Waals surface area (Å²) in [5.74, 6) is -1.12. The standard InChI is InChI=1S/C9H7F3N2O2/c1-5(15)2-7(16)6-3-8(9(10,11)12)14-4-13-6/h2-4,16H,1H3. The van der Waals surface area contributed by atoms with Gasteiger partial charge in [-0.1, -0.05) is 0 Å². The number of halogens is 3. The lowest BCUT2D eigenvalue weighted by Crippen LogP contribution is -2.09. The number of carbonyl (C=O) groups excluding carboxylic acids is 1. The van der Waals surface area contributed by atoms with Crippen LogP contribution in [0, 0.1) is 0 Å². The fourth-order valence-corrected chi connectivity index (χ4v) is 0.919. The van der Waals surface area contributed by atoms with Crippen molar-refractivity contribution in [2.24, 2.45) is 0 Å². The normalized spacial score (nSPS) is 12.6. The Hall–Kier alpha value is -1.92. The summed E-state index contributed by atoms with van der Waals surface area (Å²) in [6.07, 6.45) is -3.17. The van der Waals surface area contributed by atoms with Gasteiger partial charge in [0.05, 0.1) is 0 Å². The zero-order chi connectivity index (χ0) is 12.3. The third kappa shape index (κ3) is 3.04. The third-order valence-corrected chi connectivity index (χ3v) is 1.56. The van der Waals surface area contributed by atoms with E-state index in [-0.39, 0.29) is 5.69 Å². The molecule has 1 aromatic rings. The summed E-state index contributed by atoms with van der Waals surface area (Å²) >= 11 is 0. The zero-order valence-electron chi connectivity index (χ0n) is 8.12. The summed E-state index contributed by atoms with van der Waals surface area (Å²) in [6.45, 7) is 1.15. The Morgan fingerprint density at radius 2 is 2.06 bits per heavy atom. The Kier molecular flexibility index (Phi) is 3.26. The van der Waals surface area contributed by atoms with Crippen LogP contribution in [0.25, 0.3) is 5.76 Å². The molecule has 0 aliphatic carbocycles. The highest BCUT2D eigenvalue weighted by molar-refractivity contribution is 5.93. The molecule has 1 N–H and O–H groups in total. The van der Waals surface area contributed by atoms with E-state index in [2.05, 4.69) is 9.97 Å². The second-order valence-corrected chi connectivity index (χ2v) is 2.93. The molecular formula is C9H7F3N2O2. The van der Waals surface area contributed by atoms with Gasteiger partial charge in [-0.15, -0.1) is 0 Å². The number of allylic oxidation sites excluding steroid dienone is 1. The largest absolute Gasteiger partial charge is 0.506 e. The molecule has 0 atom stereocenters. The van der Waals surface area contributed by atoms with E-state index in [1.165, 1.54) is 0 Å². The number of aliphatic hydroxyl groups excluding tert-OH is 1. The van der Waals surface area contributed by atoms with Crippen LogP contribution in [0.5, 0.6) is 0 Å². The zero-order valence-corrected chi connectivity index (χ0v) is 8.12. The van der Waals surface area contributed by atoms with Gasteiger partial charge in [-0.25, -0.2) is 9.97 Å². The smallest absolute Gasteiger partial charge is 0.433 e. The lowest BCUT2D eigenvalue weighted by Gasteiger charge is -2.06. The van der Waals surface area contributed by atoms with E-state index in [1.807, 2.05) is 0 Å². The van der Waals surface area contributed by atoms with Gasteiger partial charge in [-0.2, -0.15) is 13.2 Å². The van der Waals surface area contributed by atoms with Gasteiger partial charge in [-0.3, -0.25) is 4.79 Å².